The topological polar surface area (TPSA) is 80.2 Å². The average molecular weight is 352 g/mol. The van der Waals surface area contributed by atoms with Crippen molar-refractivity contribution in [3.8, 4) is 22.8 Å². The molecule has 0 bridgehead atoms. The number of benzene rings is 1. The molecular weight excluding hydrogens is 328 g/mol. The number of rotatable bonds is 5. The second-order valence-electron chi connectivity index (χ2n) is 5.60. The van der Waals surface area contributed by atoms with Gasteiger partial charge < -0.3 is 15.2 Å². The second kappa shape index (κ2) is 9.98. The molecule has 6 nitrogen and oxygen atoms in total. The Morgan fingerprint density at radius 3 is 2.58 bits per heavy atom. The third-order valence-corrected chi connectivity index (χ3v) is 3.31. The van der Waals surface area contributed by atoms with Crippen LogP contribution in [-0.2, 0) is 6.54 Å². The number of pyridine rings is 1. The van der Waals surface area contributed by atoms with Crippen molar-refractivity contribution in [2.24, 2.45) is 0 Å². The zero-order valence-electron chi connectivity index (χ0n) is 15.3. The van der Waals surface area contributed by atoms with Gasteiger partial charge in [0.05, 0.1) is 25.2 Å². The predicted octanol–water partition coefficient (Wildman–Crippen LogP) is 4.28. The predicted molar refractivity (Wildman–Crippen MR) is 103 cm³/mol. The van der Waals surface area contributed by atoms with Gasteiger partial charge in [-0.05, 0) is 29.8 Å². The van der Waals surface area contributed by atoms with Gasteiger partial charge in [0.2, 0.25) is 0 Å². The standard InChI is InChI=1S/C17H16N4O2.C3H8/c1-23-16-7-13(4-5-15(16)22)14-10-19-11-17(21-14)20-9-12-3-2-6-18-8-12;1-3-2/h2-8,10-11,22H,9H2,1H3,(H,20,21);3H2,1-2H3. The molecule has 136 valence electrons. The van der Waals surface area contributed by atoms with Crippen molar-refractivity contribution in [3.63, 3.8) is 0 Å². The lowest BCUT2D eigenvalue weighted by Crippen LogP contribution is -2.02. The van der Waals surface area contributed by atoms with E-state index < -0.39 is 0 Å². The molecule has 0 aliphatic carbocycles. The minimum atomic E-state index is 0.0927. The molecule has 0 radical (unpaired) electrons. The van der Waals surface area contributed by atoms with Crippen molar-refractivity contribution >= 4 is 5.82 Å². The molecule has 3 rings (SSSR count). The molecule has 1 aromatic carbocycles. The molecule has 0 saturated carbocycles. The molecule has 0 saturated heterocycles. The van der Waals surface area contributed by atoms with Gasteiger partial charge in [0.1, 0.15) is 5.82 Å². The molecule has 0 aliphatic heterocycles. The van der Waals surface area contributed by atoms with Gasteiger partial charge in [0.25, 0.3) is 0 Å². The van der Waals surface area contributed by atoms with Gasteiger partial charge in [-0.1, -0.05) is 26.3 Å². The Balaban J connectivity index is 0.000000758. The van der Waals surface area contributed by atoms with Crippen molar-refractivity contribution < 1.29 is 9.84 Å². The Kier molecular flexibility index (Phi) is 7.36. The number of aromatic hydroxyl groups is 1. The number of phenols is 1. The minimum Gasteiger partial charge on any atom is -0.504 e. The molecule has 2 heterocycles. The van der Waals surface area contributed by atoms with E-state index in [9.17, 15) is 5.11 Å². The van der Waals surface area contributed by atoms with Gasteiger partial charge >= 0.3 is 0 Å². The zero-order chi connectivity index (χ0) is 18.8. The van der Waals surface area contributed by atoms with Crippen LogP contribution in [0.15, 0.2) is 55.1 Å². The van der Waals surface area contributed by atoms with E-state index >= 15 is 0 Å². The number of hydrogen-bond donors (Lipinski definition) is 2. The van der Waals surface area contributed by atoms with Crippen molar-refractivity contribution in [1.82, 2.24) is 15.0 Å². The molecule has 2 N–H and O–H groups in total. The Morgan fingerprint density at radius 1 is 1.08 bits per heavy atom. The molecular formula is C20H24N4O2. The highest BCUT2D eigenvalue weighted by molar-refractivity contribution is 5.64. The number of methoxy groups -OCH3 is 1. The summed E-state index contributed by atoms with van der Waals surface area (Å²) in [6, 6.07) is 8.95. The van der Waals surface area contributed by atoms with Crippen molar-refractivity contribution in [3.05, 3.63) is 60.7 Å². The van der Waals surface area contributed by atoms with E-state index in [4.69, 9.17) is 4.74 Å². The summed E-state index contributed by atoms with van der Waals surface area (Å²) in [4.78, 5) is 12.8. The Hall–Kier alpha value is -3.15. The number of nitrogens with one attached hydrogen (secondary N) is 1. The van der Waals surface area contributed by atoms with Crippen LogP contribution in [0.3, 0.4) is 0 Å². The molecule has 2 aromatic heterocycles. The van der Waals surface area contributed by atoms with Crippen LogP contribution in [0.1, 0.15) is 25.8 Å². The summed E-state index contributed by atoms with van der Waals surface area (Å²) < 4.78 is 5.12. The maximum atomic E-state index is 9.67. The van der Waals surface area contributed by atoms with Crippen LogP contribution in [0.5, 0.6) is 11.5 Å². The summed E-state index contributed by atoms with van der Waals surface area (Å²) in [5.74, 6) is 1.16. The van der Waals surface area contributed by atoms with Gasteiger partial charge in [0.15, 0.2) is 11.5 Å². The van der Waals surface area contributed by atoms with Gasteiger partial charge in [-0.3, -0.25) is 9.97 Å². The average Bonchev–Trinajstić information content (AvgIpc) is 2.68. The molecule has 0 fully saturated rings. The van der Waals surface area contributed by atoms with Gasteiger partial charge in [-0.2, -0.15) is 0 Å². The summed E-state index contributed by atoms with van der Waals surface area (Å²) in [5.41, 5.74) is 2.57. The molecule has 0 amide bonds. The molecule has 6 heteroatoms. The molecule has 0 aliphatic rings. The van der Waals surface area contributed by atoms with E-state index in [-0.39, 0.29) is 5.75 Å². The normalized spacial score (nSPS) is 9.81. The third kappa shape index (κ3) is 5.44. The van der Waals surface area contributed by atoms with E-state index in [1.165, 1.54) is 13.5 Å². The van der Waals surface area contributed by atoms with Crippen LogP contribution in [-0.4, -0.2) is 27.2 Å². The zero-order valence-corrected chi connectivity index (χ0v) is 15.3. The lowest BCUT2D eigenvalue weighted by molar-refractivity contribution is 0.373. The number of hydrogen-bond acceptors (Lipinski definition) is 6. The first-order chi connectivity index (χ1) is 12.7. The summed E-state index contributed by atoms with van der Waals surface area (Å²) in [7, 11) is 1.51. The third-order valence-electron chi connectivity index (χ3n) is 3.31. The Bertz CT molecular complexity index is 810. The Morgan fingerprint density at radius 2 is 1.88 bits per heavy atom. The first-order valence-electron chi connectivity index (χ1n) is 8.50. The minimum absolute atomic E-state index is 0.0927. The van der Waals surface area contributed by atoms with E-state index in [1.807, 2.05) is 12.1 Å². The summed E-state index contributed by atoms with van der Waals surface area (Å²) >= 11 is 0. The van der Waals surface area contributed by atoms with Crippen LogP contribution >= 0.6 is 0 Å². The van der Waals surface area contributed by atoms with Crippen LogP contribution in [0.4, 0.5) is 5.82 Å². The van der Waals surface area contributed by atoms with Crippen molar-refractivity contribution in [2.45, 2.75) is 26.8 Å². The first kappa shape index (κ1) is 19.2. The lowest BCUT2D eigenvalue weighted by atomic mass is 10.1. The Labute approximate surface area is 153 Å². The molecule has 0 atom stereocenters. The van der Waals surface area contributed by atoms with Gasteiger partial charge in [-0.15, -0.1) is 0 Å². The highest BCUT2D eigenvalue weighted by Crippen LogP contribution is 2.30. The summed E-state index contributed by atoms with van der Waals surface area (Å²) in [5, 5.41) is 12.9. The fourth-order valence-corrected chi connectivity index (χ4v) is 2.12. The number of anilines is 1. The largest absolute Gasteiger partial charge is 0.504 e. The van der Waals surface area contributed by atoms with Crippen LogP contribution in [0, 0.1) is 0 Å². The van der Waals surface area contributed by atoms with Crippen molar-refractivity contribution in [1.29, 1.82) is 0 Å². The van der Waals surface area contributed by atoms with Gasteiger partial charge in [-0.25, -0.2) is 4.98 Å². The fourth-order valence-electron chi connectivity index (χ4n) is 2.12. The number of aromatic nitrogens is 3. The molecule has 26 heavy (non-hydrogen) atoms. The lowest BCUT2D eigenvalue weighted by Gasteiger charge is -2.09. The fraction of sp³-hybridized carbons (Fsp3) is 0.250. The van der Waals surface area contributed by atoms with Crippen molar-refractivity contribution in [2.75, 3.05) is 12.4 Å². The van der Waals surface area contributed by atoms with Crippen LogP contribution in [0.25, 0.3) is 11.3 Å². The van der Waals surface area contributed by atoms with Crippen LogP contribution in [0.2, 0.25) is 0 Å². The number of phenolic OH excluding ortho intramolecular Hbond substituents is 1. The number of nitrogens with zero attached hydrogens (tertiary/aromatic N) is 3. The van der Waals surface area contributed by atoms with E-state index in [1.54, 1.807) is 43.0 Å². The molecule has 0 spiro atoms. The van der Waals surface area contributed by atoms with E-state index in [0.717, 1.165) is 11.1 Å². The molecule has 0 unspecified atom stereocenters. The van der Waals surface area contributed by atoms with E-state index in [2.05, 4.69) is 34.1 Å². The number of ether oxygens (including phenoxy) is 1. The van der Waals surface area contributed by atoms with Gasteiger partial charge in [0, 0.05) is 24.5 Å². The van der Waals surface area contributed by atoms with E-state index in [0.29, 0.717) is 23.8 Å². The highest BCUT2D eigenvalue weighted by atomic mass is 16.5. The summed E-state index contributed by atoms with van der Waals surface area (Å²) in [6.45, 7) is 4.87. The maximum absolute atomic E-state index is 9.67. The smallest absolute Gasteiger partial charge is 0.161 e. The van der Waals surface area contributed by atoms with Crippen LogP contribution < -0.4 is 10.1 Å². The maximum Gasteiger partial charge on any atom is 0.161 e. The highest BCUT2D eigenvalue weighted by Gasteiger charge is 2.07. The molecule has 3 aromatic rings. The monoisotopic (exact) mass is 352 g/mol. The second-order valence-corrected chi connectivity index (χ2v) is 5.60. The SMILES string of the molecule is CCC.COc1cc(-c2cncc(NCc3cccnc3)n2)ccc1O. The first-order valence-corrected chi connectivity index (χ1v) is 8.50. The quantitative estimate of drug-likeness (QED) is 0.713. The summed E-state index contributed by atoms with van der Waals surface area (Å²) in [6.07, 6.45) is 8.12.